The Hall–Kier alpha value is -1.20. The maximum Gasteiger partial charge on any atom is 0.135 e. The van der Waals surface area contributed by atoms with Crippen molar-refractivity contribution in [2.45, 2.75) is 12.8 Å². The molecule has 0 spiro atoms. The minimum absolute atomic E-state index is 0.0853. The van der Waals surface area contributed by atoms with E-state index in [0.717, 1.165) is 38.3 Å². The molecular formula is C13H17FN2OS. The molecule has 1 aliphatic rings. The Balaban J connectivity index is 1.85. The van der Waals surface area contributed by atoms with E-state index in [9.17, 15) is 4.39 Å². The highest BCUT2D eigenvalue weighted by Crippen LogP contribution is 2.18. The van der Waals surface area contributed by atoms with Gasteiger partial charge in [-0.05, 0) is 37.0 Å². The molecule has 1 fully saturated rings. The predicted octanol–water partition coefficient (Wildman–Crippen LogP) is 2.30. The van der Waals surface area contributed by atoms with E-state index in [1.54, 1.807) is 12.1 Å². The van der Waals surface area contributed by atoms with E-state index in [0.29, 0.717) is 11.5 Å². The fourth-order valence-corrected chi connectivity index (χ4v) is 2.22. The molecular weight excluding hydrogens is 251 g/mol. The molecule has 0 saturated carbocycles. The maximum atomic E-state index is 13.6. The molecule has 98 valence electrons. The number of hydrogen-bond acceptors (Lipinski definition) is 3. The Morgan fingerprint density at radius 3 is 3.00 bits per heavy atom. The van der Waals surface area contributed by atoms with Gasteiger partial charge in [0.05, 0.1) is 0 Å². The molecule has 1 unspecified atom stereocenters. The third-order valence-corrected chi connectivity index (χ3v) is 3.36. The van der Waals surface area contributed by atoms with Gasteiger partial charge in [0.25, 0.3) is 0 Å². The number of nitrogens with one attached hydrogen (secondary N) is 1. The van der Waals surface area contributed by atoms with E-state index in [1.807, 2.05) is 0 Å². The SMILES string of the molecule is NC(=S)c1ccc(NCCC2CCOC2)cc1F. The summed E-state index contributed by atoms with van der Waals surface area (Å²) in [7, 11) is 0. The van der Waals surface area contributed by atoms with Gasteiger partial charge in [-0.25, -0.2) is 4.39 Å². The van der Waals surface area contributed by atoms with Crippen LogP contribution in [0.5, 0.6) is 0 Å². The lowest BCUT2D eigenvalue weighted by Gasteiger charge is -2.10. The Bertz CT molecular complexity index is 433. The average Bonchev–Trinajstić information content (AvgIpc) is 2.81. The number of anilines is 1. The average molecular weight is 268 g/mol. The predicted molar refractivity (Wildman–Crippen MR) is 74.3 cm³/mol. The smallest absolute Gasteiger partial charge is 0.135 e. The standard InChI is InChI=1S/C13H17FN2OS/c14-12-7-10(1-2-11(12)13(15)18)16-5-3-9-4-6-17-8-9/h1-2,7,9,16H,3-6,8H2,(H2,15,18). The highest BCUT2D eigenvalue weighted by Gasteiger charge is 2.14. The van der Waals surface area contributed by atoms with E-state index in [-0.39, 0.29) is 10.8 Å². The Kier molecular flexibility index (Phi) is 4.49. The van der Waals surface area contributed by atoms with Crippen LogP contribution in [0.1, 0.15) is 18.4 Å². The number of nitrogens with two attached hydrogens (primary N) is 1. The molecule has 1 heterocycles. The third kappa shape index (κ3) is 3.40. The first kappa shape index (κ1) is 13.2. The van der Waals surface area contributed by atoms with Crippen molar-refractivity contribution in [3.63, 3.8) is 0 Å². The van der Waals surface area contributed by atoms with Crippen LogP contribution in [0.15, 0.2) is 18.2 Å². The van der Waals surface area contributed by atoms with Crippen molar-refractivity contribution in [2.75, 3.05) is 25.1 Å². The molecule has 3 N–H and O–H groups in total. The van der Waals surface area contributed by atoms with E-state index < -0.39 is 0 Å². The van der Waals surface area contributed by atoms with Crippen molar-refractivity contribution in [3.8, 4) is 0 Å². The molecule has 0 aromatic heterocycles. The number of rotatable bonds is 5. The first-order valence-corrected chi connectivity index (χ1v) is 6.48. The van der Waals surface area contributed by atoms with Crippen molar-refractivity contribution < 1.29 is 9.13 Å². The van der Waals surface area contributed by atoms with Crippen LogP contribution in [0.25, 0.3) is 0 Å². The molecule has 2 rings (SSSR count). The van der Waals surface area contributed by atoms with E-state index in [2.05, 4.69) is 5.32 Å². The zero-order valence-corrected chi connectivity index (χ0v) is 10.9. The summed E-state index contributed by atoms with van der Waals surface area (Å²) in [5.41, 5.74) is 6.45. The molecule has 1 saturated heterocycles. The van der Waals surface area contributed by atoms with Gasteiger partial charge >= 0.3 is 0 Å². The van der Waals surface area contributed by atoms with Gasteiger partial charge in [0.1, 0.15) is 10.8 Å². The second kappa shape index (κ2) is 6.11. The van der Waals surface area contributed by atoms with Crippen molar-refractivity contribution in [2.24, 2.45) is 11.7 Å². The quantitative estimate of drug-likeness (QED) is 0.804. The zero-order valence-electron chi connectivity index (χ0n) is 10.1. The van der Waals surface area contributed by atoms with Crippen LogP contribution in [-0.2, 0) is 4.74 Å². The molecule has 5 heteroatoms. The second-order valence-corrected chi connectivity index (χ2v) is 4.94. The molecule has 0 aliphatic carbocycles. The van der Waals surface area contributed by atoms with Gasteiger partial charge < -0.3 is 15.8 Å². The van der Waals surface area contributed by atoms with Crippen LogP contribution in [-0.4, -0.2) is 24.7 Å². The van der Waals surface area contributed by atoms with Crippen molar-refractivity contribution >= 4 is 22.9 Å². The van der Waals surface area contributed by atoms with Crippen molar-refractivity contribution in [1.82, 2.24) is 0 Å². The van der Waals surface area contributed by atoms with Gasteiger partial charge in [0.2, 0.25) is 0 Å². The first-order valence-electron chi connectivity index (χ1n) is 6.08. The summed E-state index contributed by atoms with van der Waals surface area (Å²) in [4.78, 5) is 0.0853. The van der Waals surface area contributed by atoms with Gasteiger partial charge in [0, 0.05) is 31.0 Å². The Morgan fingerprint density at radius 2 is 2.39 bits per heavy atom. The van der Waals surface area contributed by atoms with Crippen LogP contribution in [0.2, 0.25) is 0 Å². The molecule has 0 radical (unpaired) electrons. The summed E-state index contributed by atoms with van der Waals surface area (Å²) >= 11 is 4.76. The summed E-state index contributed by atoms with van der Waals surface area (Å²) in [5, 5.41) is 3.20. The number of thiocarbonyl (C=S) groups is 1. The topological polar surface area (TPSA) is 47.3 Å². The molecule has 0 amide bonds. The first-order chi connectivity index (χ1) is 8.66. The fourth-order valence-electron chi connectivity index (χ4n) is 2.06. The monoisotopic (exact) mass is 268 g/mol. The van der Waals surface area contributed by atoms with Gasteiger partial charge in [-0.1, -0.05) is 12.2 Å². The Labute approximate surface area is 112 Å². The second-order valence-electron chi connectivity index (χ2n) is 4.50. The van der Waals surface area contributed by atoms with Crippen molar-refractivity contribution in [3.05, 3.63) is 29.6 Å². The highest BCUT2D eigenvalue weighted by atomic mass is 32.1. The summed E-state index contributed by atoms with van der Waals surface area (Å²) in [6.45, 7) is 2.53. The number of benzene rings is 1. The minimum Gasteiger partial charge on any atom is -0.389 e. The van der Waals surface area contributed by atoms with Gasteiger partial charge in [-0.15, -0.1) is 0 Å². The zero-order chi connectivity index (χ0) is 13.0. The van der Waals surface area contributed by atoms with Crippen molar-refractivity contribution in [1.29, 1.82) is 0 Å². The van der Waals surface area contributed by atoms with Crippen LogP contribution in [0.3, 0.4) is 0 Å². The number of ether oxygens (including phenoxy) is 1. The van der Waals surface area contributed by atoms with E-state index >= 15 is 0 Å². The molecule has 0 bridgehead atoms. The molecule has 1 aliphatic heterocycles. The van der Waals surface area contributed by atoms with Crippen LogP contribution in [0.4, 0.5) is 10.1 Å². The van der Waals surface area contributed by atoms with Crippen LogP contribution in [0, 0.1) is 11.7 Å². The summed E-state index contributed by atoms with van der Waals surface area (Å²) < 4.78 is 18.9. The minimum atomic E-state index is -0.378. The van der Waals surface area contributed by atoms with Crippen LogP contribution < -0.4 is 11.1 Å². The fraction of sp³-hybridized carbons (Fsp3) is 0.462. The lowest BCUT2D eigenvalue weighted by atomic mass is 10.1. The summed E-state index contributed by atoms with van der Waals surface area (Å²) in [6, 6.07) is 4.83. The molecule has 1 aromatic rings. The number of hydrogen-bond donors (Lipinski definition) is 2. The van der Waals surface area contributed by atoms with E-state index in [1.165, 1.54) is 6.07 Å². The lowest BCUT2D eigenvalue weighted by molar-refractivity contribution is 0.185. The van der Waals surface area contributed by atoms with Gasteiger partial charge in [0.15, 0.2) is 0 Å². The normalized spacial score (nSPS) is 18.8. The number of halogens is 1. The molecule has 3 nitrogen and oxygen atoms in total. The van der Waals surface area contributed by atoms with Crippen LogP contribution >= 0.6 is 12.2 Å². The van der Waals surface area contributed by atoms with Gasteiger partial charge in [-0.3, -0.25) is 0 Å². The largest absolute Gasteiger partial charge is 0.389 e. The molecule has 1 atom stereocenters. The lowest BCUT2D eigenvalue weighted by Crippen LogP contribution is -2.13. The Morgan fingerprint density at radius 1 is 1.56 bits per heavy atom. The summed E-state index contributed by atoms with van der Waals surface area (Å²) in [6.07, 6.45) is 2.16. The maximum absolute atomic E-state index is 13.6. The van der Waals surface area contributed by atoms with E-state index in [4.69, 9.17) is 22.7 Å². The van der Waals surface area contributed by atoms with Gasteiger partial charge in [-0.2, -0.15) is 0 Å². The molecule has 18 heavy (non-hydrogen) atoms. The molecule has 1 aromatic carbocycles. The highest BCUT2D eigenvalue weighted by molar-refractivity contribution is 7.80. The summed E-state index contributed by atoms with van der Waals surface area (Å²) in [5.74, 6) is 0.245. The third-order valence-electron chi connectivity index (χ3n) is 3.14.